The lowest BCUT2D eigenvalue weighted by atomic mass is 9.91. The van der Waals surface area contributed by atoms with E-state index in [4.69, 9.17) is 26.7 Å². The molecule has 8 heteroatoms. The maximum atomic E-state index is 6.09. The van der Waals surface area contributed by atoms with Crippen molar-refractivity contribution in [3.05, 3.63) is 71.0 Å². The quantitative estimate of drug-likeness (QED) is 0.284. The summed E-state index contributed by atoms with van der Waals surface area (Å²) in [5, 5.41) is 13.9. The SMILES string of the molecule is CCCc1c(CN[C@H]2CC[C@@H](Nc3nc(N(C)C)c4ccccc4n3)CC2)cnn1-c1ccc(Cl)cc1. The molecule has 0 amide bonds. The monoisotopic (exact) mass is 517 g/mol. The van der Waals surface area contributed by atoms with E-state index in [1.165, 1.54) is 11.3 Å². The number of benzene rings is 2. The van der Waals surface area contributed by atoms with E-state index < -0.39 is 0 Å². The van der Waals surface area contributed by atoms with Crippen molar-refractivity contribution in [1.82, 2.24) is 25.1 Å². The summed E-state index contributed by atoms with van der Waals surface area (Å²) in [6.45, 7) is 3.05. The van der Waals surface area contributed by atoms with Gasteiger partial charge in [-0.1, -0.05) is 37.1 Å². The Bertz CT molecular complexity index is 1320. The summed E-state index contributed by atoms with van der Waals surface area (Å²) in [6.07, 6.45) is 8.53. The van der Waals surface area contributed by atoms with E-state index in [1.54, 1.807) is 0 Å². The molecule has 5 rings (SSSR count). The second-order valence-corrected chi connectivity index (χ2v) is 10.5. The minimum atomic E-state index is 0.387. The van der Waals surface area contributed by atoms with Crippen LogP contribution in [0.4, 0.5) is 11.8 Å². The Kier molecular flexibility index (Phi) is 7.91. The van der Waals surface area contributed by atoms with Gasteiger partial charge in [0.1, 0.15) is 5.82 Å². The van der Waals surface area contributed by atoms with Gasteiger partial charge in [0.25, 0.3) is 0 Å². The molecule has 0 radical (unpaired) electrons. The van der Waals surface area contributed by atoms with Crippen molar-refractivity contribution < 1.29 is 0 Å². The highest BCUT2D eigenvalue weighted by atomic mass is 35.5. The third-order valence-corrected chi connectivity index (χ3v) is 7.41. The van der Waals surface area contributed by atoms with Crippen LogP contribution < -0.4 is 15.5 Å². The molecule has 2 heterocycles. The molecule has 194 valence electrons. The van der Waals surface area contributed by atoms with Gasteiger partial charge in [0.05, 0.1) is 17.4 Å². The molecule has 0 bridgehead atoms. The van der Waals surface area contributed by atoms with Crippen molar-refractivity contribution in [3.63, 3.8) is 0 Å². The van der Waals surface area contributed by atoms with Crippen molar-refractivity contribution in [3.8, 4) is 5.69 Å². The molecule has 37 heavy (non-hydrogen) atoms. The van der Waals surface area contributed by atoms with Crippen LogP contribution in [0.15, 0.2) is 54.7 Å². The van der Waals surface area contributed by atoms with E-state index in [0.29, 0.717) is 12.1 Å². The topological polar surface area (TPSA) is 70.9 Å². The number of nitrogens with zero attached hydrogens (tertiary/aromatic N) is 5. The third-order valence-electron chi connectivity index (χ3n) is 7.16. The second-order valence-electron chi connectivity index (χ2n) is 10.1. The molecule has 1 aliphatic rings. The van der Waals surface area contributed by atoms with Crippen LogP contribution in [0.1, 0.15) is 50.3 Å². The molecule has 1 saturated carbocycles. The summed E-state index contributed by atoms with van der Waals surface area (Å²) in [6, 6.07) is 17.0. The number of rotatable bonds is 9. The zero-order chi connectivity index (χ0) is 25.8. The molecule has 0 aliphatic heterocycles. The molecule has 2 aromatic carbocycles. The fourth-order valence-electron chi connectivity index (χ4n) is 5.21. The number of nitrogens with one attached hydrogen (secondary N) is 2. The number of fused-ring (bicyclic) bond motifs is 1. The Morgan fingerprint density at radius 1 is 0.973 bits per heavy atom. The Hall–Kier alpha value is -3.16. The smallest absolute Gasteiger partial charge is 0.225 e. The highest BCUT2D eigenvalue weighted by Crippen LogP contribution is 2.27. The van der Waals surface area contributed by atoms with Gasteiger partial charge in [-0.3, -0.25) is 0 Å². The molecule has 7 nitrogen and oxygen atoms in total. The summed E-state index contributed by atoms with van der Waals surface area (Å²) in [4.78, 5) is 11.7. The van der Waals surface area contributed by atoms with Crippen molar-refractivity contribution in [2.24, 2.45) is 0 Å². The predicted molar refractivity (Wildman–Crippen MR) is 153 cm³/mol. The first-order valence-corrected chi connectivity index (χ1v) is 13.7. The normalized spacial score (nSPS) is 17.7. The molecule has 0 atom stereocenters. The van der Waals surface area contributed by atoms with Crippen LogP contribution in [0, 0.1) is 0 Å². The first-order chi connectivity index (χ1) is 18.0. The number of anilines is 2. The lowest BCUT2D eigenvalue weighted by molar-refractivity contribution is 0.352. The first-order valence-electron chi connectivity index (χ1n) is 13.3. The molecule has 1 aliphatic carbocycles. The molecule has 2 aromatic heterocycles. The maximum Gasteiger partial charge on any atom is 0.225 e. The standard InChI is InChI=1S/C29H36ClN7/c1-4-7-27-20(19-32-37(27)24-16-10-21(30)11-17-24)18-31-22-12-14-23(15-13-22)33-29-34-26-9-6-5-8-25(26)28(35-29)36(2)3/h5-6,8-11,16-17,19,22-23,31H,4,7,12-15,18H2,1-3H3,(H,33,34,35)/t22-,23+. The number of hydrogen-bond acceptors (Lipinski definition) is 6. The van der Waals surface area contributed by atoms with Gasteiger partial charge in [-0.15, -0.1) is 0 Å². The highest BCUT2D eigenvalue weighted by Gasteiger charge is 2.23. The lowest BCUT2D eigenvalue weighted by Crippen LogP contribution is -2.37. The summed E-state index contributed by atoms with van der Waals surface area (Å²) in [5.41, 5.74) is 4.58. The number of para-hydroxylation sites is 1. The Morgan fingerprint density at radius 2 is 1.70 bits per heavy atom. The van der Waals surface area contributed by atoms with Crippen LogP contribution in [0.25, 0.3) is 16.6 Å². The first kappa shape index (κ1) is 25.5. The van der Waals surface area contributed by atoms with Crippen molar-refractivity contribution in [1.29, 1.82) is 0 Å². The molecule has 1 fully saturated rings. The highest BCUT2D eigenvalue weighted by molar-refractivity contribution is 6.30. The minimum absolute atomic E-state index is 0.387. The van der Waals surface area contributed by atoms with Crippen LogP contribution in [0.3, 0.4) is 0 Å². The van der Waals surface area contributed by atoms with Gasteiger partial charge in [-0.05, 0) is 68.5 Å². The fraction of sp³-hybridized carbons (Fsp3) is 0.414. The van der Waals surface area contributed by atoms with Gasteiger partial charge in [-0.2, -0.15) is 10.1 Å². The van der Waals surface area contributed by atoms with Gasteiger partial charge in [0.2, 0.25) is 5.95 Å². The Balaban J connectivity index is 1.19. The fourth-order valence-corrected chi connectivity index (χ4v) is 5.33. The second kappa shape index (κ2) is 11.5. The molecule has 0 saturated heterocycles. The van der Waals surface area contributed by atoms with E-state index in [9.17, 15) is 0 Å². The molecular weight excluding hydrogens is 482 g/mol. The average molecular weight is 518 g/mol. The van der Waals surface area contributed by atoms with Crippen LogP contribution in [0.2, 0.25) is 5.02 Å². The Morgan fingerprint density at radius 3 is 2.43 bits per heavy atom. The van der Waals surface area contributed by atoms with Crippen LogP contribution in [-0.2, 0) is 13.0 Å². The largest absolute Gasteiger partial charge is 0.362 e. The zero-order valence-corrected chi connectivity index (χ0v) is 22.7. The lowest BCUT2D eigenvalue weighted by Gasteiger charge is -2.30. The molecule has 0 spiro atoms. The minimum Gasteiger partial charge on any atom is -0.362 e. The van der Waals surface area contributed by atoms with Gasteiger partial charge >= 0.3 is 0 Å². The molecular formula is C29H36ClN7. The van der Waals surface area contributed by atoms with E-state index in [2.05, 4.69) is 39.3 Å². The summed E-state index contributed by atoms with van der Waals surface area (Å²) in [7, 11) is 4.06. The predicted octanol–water partition coefficient (Wildman–Crippen LogP) is 6.00. The average Bonchev–Trinajstić information content (AvgIpc) is 3.31. The van der Waals surface area contributed by atoms with Gasteiger partial charge < -0.3 is 15.5 Å². The number of aromatic nitrogens is 4. The number of halogens is 1. The summed E-state index contributed by atoms with van der Waals surface area (Å²) < 4.78 is 2.06. The molecule has 4 aromatic rings. The van der Waals surface area contributed by atoms with Crippen LogP contribution in [-0.4, -0.2) is 45.9 Å². The third kappa shape index (κ3) is 5.89. The molecule has 0 unspecified atom stereocenters. The van der Waals surface area contributed by atoms with E-state index >= 15 is 0 Å². The van der Waals surface area contributed by atoms with E-state index in [1.807, 2.05) is 56.7 Å². The van der Waals surface area contributed by atoms with Gasteiger partial charge in [-0.25, -0.2) is 9.67 Å². The van der Waals surface area contributed by atoms with E-state index in [-0.39, 0.29) is 0 Å². The van der Waals surface area contributed by atoms with Crippen molar-refractivity contribution in [2.75, 3.05) is 24.3 Å². The van der Waals surface area contributed by atoms with Crippen LogP contribution >= 0.6 is 11.6 Å². The number of hydrogen-bond donors (Lipinski definition) is 2. The summed E-state index contributed by atoms with van der Waals surface area (Å²) in [5.74, 6) is 1.67. The van der Waals surface area contributed by atoms with E-state index in [0.717, 1.165) is 78.4 Å². The summed E-state index contributed by atoms with van der Waals surface area (Å²) >= 11 is 6.09. The maximum absolute atomic E-state index is 6.09. The Labute approximate surface area is 224 Å². The van der Waals surface area contributed by atoms with Crippen molar-refractivity contribution >= 4 is 34.3 Å². The van der Waals surface area contributed by atoms with Gasteiger partial charge in [0.15, 0.2) is 0 Å². The van der Waals surface area contributed by atoms with Crippen molar-refractivity contribution in [2.45, 2.75) is 64.1 Å². The zero-order valence-electron chi connectivity index (χ0n) is 21.9. The molecule has 2 N–H and O–H groups in total. The van der Waals surface area contributed by atoms with Crippen LogP contribution in [0.5, 0.6) is 0 Å². The van der Waals surface area contributed by atoms with Gasteiger partial charge in [0, 0.05) is 54.4 Å².